The summed E-state index contributed by atoms with van der Waals surface area (Å²) >= 11 is 0. The van der Waals surface area contributed by atoms with Crippen molar-refractivity contribution in [3.63, 3.8) is 0 Å². The topological polar surface area (TPSA) is 54.1 Å². The lowest BCUT2D eigenvalue weighted by Crippen LogP contribution is -2.23. The van der Waals surface area contributed by atoms with Crippen LogP contribution in [-0.2, 0) is 11.2 Å². The third-order valence-electron chi connectivity index (χ3n) is 4.15. The number of carbonyl (C=O) groups is 1. The number of H-pyrrole nitrogens is 1. The number of amides is 1. The summed E-state index contributed by atoms with van der Waals surface area (Å²) in [5.41, 5.74) is 3.31. The van der Waals surface area contributed by atoms with E-state index in [0.29, 0.717) is 13.2 Å². The number of benzene rings is 2. The Morgan fingerprint density at radius 2 is 1.96 bits per heavy atom. The predicted molar refractivity (Wildman–Crippen MR) is 106 cm³/mol. The Balaban J connectivity index is 1.47. The maximum atomic E-state index is 12.0. The fourth-order valence-electron chi connectivity index (χ4n) is 2.78. The Bertz CT molecular complexity index is 879. The molecule has 0 unspecified atom stereocenters. The number of hydrogen-bond donors (Lipinski definition) is 2. The van der Waals surface area contributed by atoms with Gasteiger partial charge in [0.15, 0.2) is 0 Å². The zero-order chi connectivity index (χ0) is 18.2. The number of aromatic amines is 1. The van der Waals surface area contributed by atoms with Crippen LogP contribution in [0.5, 0.6) is 5.75 Å². The molecule has 1 aromatic heterocycles. The third kappa shape index (κ3) is 4.76. The van der Waals surface area contributed by atoms with Gasteiger partial charge in [-0.05, 0) is 48.2 Å². The van der Waals surface area contributed by atoms with Crippen molar-refractivity contribution in [2.24, 2.45) is 0 Å². The maximum absolute atomic E-state index is 12.0. The maximum Gasteiger partial charge on any atom is 0.244 e. The molecule has 0 saturated heterocycles. The molecule has 0 aliphatic rings. The minimum atomic E-state index is -0.0869. The van der Waals surface area contributed by atoms with Crippen molar-refractivity contribution in [3.8, 4) is 5.75 Å². The molecule has 2 aromatic carbocycles. The highest BCUT2D eigenvalue weighted by molar-refractivity contribution is 5.91. The predicted octanol–water partition coefficient (Wildman–Crippen LogP) is 4.33. The minimum absolute atomic E-state index is 0.0869. The van der Waals surface area contributed by atoms with E-state index in [0.717, 1.165) is 29.7 Å². The van der Waals surface area contributed by atoms with Crippen molar-refractivity contribution in [2.75, 3.05) is 13.2 Å². The van der Waals surface area contributed by atoms with Crippen LogP contribution in [0, 0.1) is 0 Å². The summed E-state index contributed by atoms with van der Waals surface area (Å²) < 4.78 is 5.55. The highest BCUT2D eigenvalue weighted by atomic mass is 16.5. The normalized spacial score (nSPS) is 11.1. The average molecular weight is 348 g/mol. The van der Waals surface area contributed by atoms with Gasteiger partial charge in [-0.3, -0.25) is 4.79 Å². The van der Waals surface area contributed by atoms with E-state index >= 15 is 0 Å². The van der Waals surface area contributed by atoms with E-state index in [1.54, 1.807) is 6.08 Å². The van der Waals surface area contributed by atoms with Gasteiger partial charge in [-0.25, -0.2) is 0 Å². The number of rotatable bonds is 8. The summed E-state index contributed by atoms with van der Waals surface area (Å²) in [6.07, 6.45) is 7.17. The van der Waals surface area contributed by atoms with E-state index in [9.17, 15) is 4.79 Å². The van der Waals surface area contributed by atoms with Crippen LogP contribution in [0.1, 0.15) is 24.5 Å². The Hall–Kier alpha value is -3.01. The van der Waals surface area contributed by atoms with E-state index in [1.807, 2.05) is 48.7 Å². The second-order valence-corrected chi connectivity index (χ2v) is 6.15. The molecule has 0 aliphatic carbocycles. The Labute approximate surface area is 153 Å². The van der Waals surface area contributed by atoms with Gasteiger partial charge in [-0.1, -0.05) is 37.3 Å². The monoisotopic (exact) mass is 348 g/mol. The number of fused-ring (bicyclic) bond motifs is 1. The van der Waals surface area contributed by atoms with Crippen LogP contribution in [0.25, 0.3) is 17.0 Å². The zero-order valence-electron chi connectivity index (χ0n) is 15.0. The second-order valence-electron chi connectivity index (χ2n) is 6.15. The number of ether oxygens (including phenoxy) is 1. The number of carbonyl (C=O) groups excluding carboxylic acids is 1. The highest BCUT2D eigenvalue weighted by Crippen LogP contribution is 2.17. The molecule has 0 radical (unpaired) electrons. The summed E-state index contributed by atoms with van der Waals surface area (Å²) in [4.78, 5) is 15.2. The fraction of sp³-hybridized carbons (Fsp3) is 0.227. The minimum Gasteiger partial charge on any atom is -0.494 e. The highest BCUT2D eigenvalue weighted by Gasteiger charge is 2.03. The molecule has 0 atom stereocenters. The van der Waals surface area contributed by atoms with Crippen LogP contribution >= 0.6 is 0 Å². The first-order valence-electron chi connectivity index (χ1n) is 9.00. The van der Waals surface area contributed by atoms with Crippen molar-refractivity contribution >= 4 is 22.9 Å². The Kier molecular flexibility index (Phi) is 6.09. The van der Waals surface area contributed by atoms with Crippen LogP contribution in [0.15, 0.2) is 60.8 Å². The molecule has 134 valence electrons. The van der Waals surface area contributed by atoms with E-state index in [4.69, 9.17) is 4.74 Å². The molecule has 3 aromatic rings. The quantitative estimate of drug-likeness (QED) is 0.595. The Morgan fingerprint density at radius 3 is 2.77 bits per heavy atom. The molecule has 1 amide bonds. The standard InChI is InChI=1S/C22H24N2O2/c1-2-15-26-19-10-7-17(8-11-19)9-12-22(25)23-14-13-18-16-24-21-6-4-3-5-20(18)21/h3-12,16,24H,2,13-15H2,1H3,(H,23,25)/b12-9+. The first-order valence-corrected chi connectivity index (χ1v) is 9.00. The van der Waals surface area contributed by atoms with E-state index in [1.165, 1.54) is 10.9 Å². The summed E-state index contributed by atoms with van der Waals surface area (Å²) in [6, 6.07) is 15.9. The average Bonchev–Trinajstić information content (AvgIpc) is 3.09. The number of para-hydroxylation sites is 1. The molecule has 3 rings (SSSR count). The molecule has 0 saturated carbocycles. The zero-order valence-corrected chi connectivity index (χ0v) is 15.0. The molecule has 4 heteroatoms. The van der Waals surface area contributed by atoms with Gasteiger partial charge < -0.3 is 15.0 Å². The lowest BCUT2D eigenvalue weighted by Gasteiger charge is -2.04. The number of nitrogens with one attached hydrogen (secondary N) is 2. The fourth-order valence-corrected chi connectivity index (χ4v) is 2.78. The summed E-state index contributed by atoms with van der Waals surface area (Å²) in [6.45, 7) is 3.40. The molecule has 0 bridgehead atoms. The van der Waals surface area contributed by atoms with Crippen molar-refractivity contribution in [3.05, 3.63) is 71.9 Å². The smallest absolute Gasteiger partial charge is 0.244 e. The summed E-state index contributed by atoms with van der Waals surface area (Å²) in [7, 11) is 0. The van der Waals surface area contributed by atoms with E-state index < -0.39 is 0 Å². The number of hydrogen-bond acceptors (Lipinski definition) is 2. The second kappa shape index (κ2) is 8.90. The number of aromatic nitrogens is 1. The van der Waals surface area contributed by atoms with E-state index in [-0.39, 0.29) is 5.91 Å². The van der Waals surface area contributed by atoms with Crippen LogP contribution in [0.2, 0.25) is 0 Å². The first kappa shape index (κ1) is 17.8. The SMILES string of the molecule is CCCOc1ccc(/C=C/C(=O)NCCc2c[nH]c3ccccc23)cc1. The van der Waals surface area contributed by atoms with Crippen molar-refractivity contribution < 1.29 is 9.53 Å². The molecule has 4 nitrogen and oxygen atoms in total. The van der Waals surface area contributed by atoms with E-state index in [2.05, 4.69) is 29.4 Å². The van der Waals surface area contributed by atoms with Crippen LogP contribution in [-0.4, -0.2) is 24.0 Å². The van der Waals surface area contributed by atoms with Crippen LogP contribution in [0.3, 0.4) is 0 Å². The third-order valence-corrected chi connectivity index (χ3v) is 4.15. The molecule has 0 fully saturated rings. The molecule has 0 aliphatic heterocycles. The van der Waals surface area contributed by atoms with Gasteiger partial charge >= 0.3 is 0 Å². The lowest BCUT2D eigenvalue weighted by molar-refractivity contribution is -0.116. The van der Waals surface area contributed by atoms with Gasteiger partial charge in [-0.15, -0.1) is 0 Å². The van der Waals surface area contributed by atoms with Gasteiger partial charge in [0.25, 0.3) is 0 Å². The van der Waals surface area contributed by atoms with Gasteiger partial charge in [0.05, 0.1) is 6.61 Å². The lowest BCUT2D eigenvalue weighted by atomic mass is 10.1. The van der Waals surface area contributed by atoms with Crippen molar-refractivity contribution in [2.45, 2.75) is 19.8 Å². The van der Waals surface area contributed by atoms with Gasteiger partial charge in [0.1, 0.15) is 5.75 Å². The van der Waals surface area contributed by atoms with Gasteiger partial charge in [-0.2, -0.15) is 0 Å². The largest absolute Gasteiger partial charge is 0.494 e. The molecular weight excluding hydrogens is 324 g/mol. The molecule has 26 heavy (non-hydrogen) atoms. The van der Waals surface area contributed by atoms with Crippen molar-refractivity contribution in [1.29, 1.82) is 0 Å². The van der Waals surface area contributed by atoms with Crippen LogP contribution < -0.4 is 10.1 Å². The van der Waals surface area contributed by atoms with Crippen LogP contribution in [0.4, 0.5) is 0 Å². The molecule has 0 spiro atoms. The molecule has 1 heterocycles. The van der Waals surface area contributed by atoms with Gasteiger partial charge in [0.2, 0.25) is 5.91 Å². The first-order chi connectivity index (χ1) is 12.8. The summed E-state index contributed by atoms with van der Waals surface area (Å²) in [5.74, 6) is 0.767. The summed E-state index contributed by atoms with van der Waals surface area (Å²) in [5, 5.41) is 4.14. The molecular formula is C22H24N2O2. The van der Waals surface area contributed by atoms with Crippen molar-refractivity contribution in [1.82, 2.24) is 10.3 Å². The van der Waals surface area contributed by atoms with Gasteiger partial charge in [0, 0.05) is 29.7 Å². The molecule has 2 N–H and O–H groups in total. The Morgan fingerprint density at radius 1 is 1.15 bits per heavy atom.